The van der Waals surface area contributed by atoms with Gasteiger partial charge in [0.15, 0.2) is 0 Å². The van der Waals surface area contributed by atoms with Crippen molar-refractivity contribution in [1.82, 2.24) is 10.2 Å². The number of hydrogen-bond donors (Lipinski definition) is 2. The normalized spacial score (nSPS) is 30.2. The zero-order valence-electron chi connectivity index (χ0n) is 12.7. The summed E-state index contributed by atoms with van der Waals surface area (Å²) in [6.45, 7) is 7.06. The first kappa shape index (κ1) is 16.2. The molecule has 2 rings (SSSR count). The number of carboxylic acids is 1. The summed E-state index contributed by atoms with van der Waals surface area (Å²) in [5.74, 6) is -1.49. The standard InChI is InChI=1S/C15H26N2O4/c1-11-9-12(13(10-11)15(19)20)14(18)16-3-2-4-17-5-7-21-8-6-17/h11-13H,2-10H2,1H3,(H,16,18)(H,19,20). The van der Waals surface area contributed by atoms with Gasteiger partial charge in [0.1, 0.15) is 0 Å². The molecule has 6 heteroatoms. The fourth-order valence-electron chi connectivity index (χ4n) is 3.32. The Kier molecular flexibility index (Phi) is 5.99. The maximum atomic E-state index is 12.1. The van der Waals surface area contributed by atoms with Crippen LogP contribution in [0.15, 0.2) is 0 Å². The van der Waals surface area contributed by atoms with Crippen molar-refractivity contribution in [3.05, 3.63) is 0 Å². The van der Waals surface area contributed by atoms with Gasteiger partial charge in [0, 0.05) is 19.6 Å². The van der Waals surface area contributed by atoms with Gasteiger partial charge >= 0.3 is 5.97 Å². The molecule has 2 aliphatic rings. The van der Waals surface area contributed by atoms with Crippen LogP contribution in [0.5, 0.6) is 0 Å². The van der Waals surface area contributed by atoms with E-state index in [1.165, 1.54) is 0 Å². The van der Waals surface area contributed by atoms with E-state index < -0.39 is 11.9 Å². The Hall–Kier alpha value is -1.14. The first-order valence-corrected chi connectivity index (χ1v) is 7.88. The van der Waals surface area contributed by atoms with Crippen molar-refractivity contribution in [2.45, 2.75) is 26.2 Å². The van der Waals surface area contributed by atoms with Crippen LogP contribution in [0.2, 0.25) is 0 Å². The second-order valence-electron chi connectivity index (χ2n) is 6.23. The van der Waals surface area contributed by atoms with Gasteiger partial charge in [0.25, 0.3) is 0 Å². The summed E-state index contributed by atoms with van der Waals surface area (Å²) in [5.41, 5.74) is 0. The number of carboxylic acid groups (broad SMARTS) is 1. The molecule has 1 heterocycles. The lowest BCUT2D eigenvalue weighted by Crippen LogP contribution is -2.39. The van der Waals surface area contributed by atoms with Crippen molar-refractivity contribution in [1.29, 1.82) is 0 Å². The van der Waals surface area contributed by atoms with Crippen LogP contribution in [0.1, 0.15) is 26.2 Å². The lowest BCUT2D eigenvalue weighted by molar-refractivity contribution is -0.146. The molecule has 0 aromatic heterocycles. The molecule has 2 fully saturated rings. The second-order valence-corrected chi connectivity index (χ2v) is 6.23. The quantitative estimate of drug-likeness (QED) is 0.701. The van der Waals surface area contributed by atoms with Crippen molar-refractivity contribution >= 4 is 11.9 Å². The van der Waals surface area contributed by atoms with Gasteiger partial charge in [-0.05, 0) is 31.7 Å². The number of rotatable bonds is 6. The predicted molar refractivity (Wildman–Crippen MR) is 77.9 cm³/mol. The molecule has 120 valence electrons. The fourth-order valence-corrected chi connectivity index (χ4v) is 3.32. The van der Waals surface area contributed by atoms with Crippen molar-refractivity contribution in [2.24, 2.45) is 17.8 Å². The van der Waals surface area contributed by atoms with Gasteiger partial charge in [0.05, 0.1) is 25.0 Å². The Morgan fingerprint density at radius 2 is 1.90 bits per heavy atom. The third-order valence-corrected chi connectivity index (χ3v) is 4.51. The van der Waals surface area contributed by atoms with Crippen LogP contribution >= 0.6 is 0 Å². The zero-order valence-corrected chi connectivity index (χ0v) is 12.7. The van der Waals surface area contributed by atoms with Gasteiger partial charge in [-0.1, -0.05) is 6.92 Å². The van der Waals surface area contributed by atoms with E-state index in [2.05, 4.69) is 10.2 Å². The summed E-state index contributed by atoms with van der Waals surface area (Å²) < 4.78 is 5.29. The minimum Gasteiger partial charge on any atom is -0.481 e. The van der Waals surface area contributed by atoms with E-state index in [1.54, 1.807) is 0 Å². The SMILES string of the molecule is CC1CC(C(=O)O)C(C(=O)NCCCN2CCOCC2)C1. The number of ether oxygens (including phenoxy) is 1. The number of morpholine rings is 1. The van der Waals surface area contributed by atoms with Crippen LogP contribution in [0.4, 0.5) is 0 Å². The molecule has 2 N–H and O–H groups in total. The summed E-state index contributed by atoms with van der Waals surface area (Å²) in [6.07, 6.45) is 2.19. The third kappa shape index (κ3) is 4.68. The van der Waals surface area contributed by atoms with Crippen LogP contribution in [0.25, 0.3) is 0 Å². The number of carbonyl (C=O) groups excluding carboxylic acids is 1. The molecule has 3 atom stereocenters. The first-order chi connectivity index (χ1) is 10.1. The number of aliphatic carboxylic acids is 1. The average molecular weight is 298 g/mol. The van der Waals surface area contributed by atoms with E-state index in [-0.39, 0.29) is 11.8 Å². The van der Waals surface area contributed by atoms with Gasteiger partial charge in [-0.25, -0.2) is 0 Å². The summed E-state index contributed by atoms with van der Waals surface area (Å²) in [5, 5.41) is 12.1. The highest BCUT2D eigenvalue weighted by molar-refractivity contribution is 5.85. The first-order valence-electron chi connectivity index (χ1n) is 7.88. The largest absolute Gasteiger partial charge is 0.481 e. The molecule has 1 aliphatic carbocycles. The minimum atomic E-state index is -0.840. The monoisotopic (exact) mass is 298 g/mol. The van der Waals surface area contributed by atoms with Crippen molar-refractivity contribution in [3.63, 3.8) is 0 Å². The molecular formula is C15H26N2O4. The molecule has 3 unspecified atom stereocenters. The molecular weight excluding hydrogens is 272 g/mol. The van der Waals surface area contributed by atoms with E-state index in [4.69, 9.17) is 4.74 Å². The summed E-state index contributed by atoms with van der Waals surface area (Å²) in [4.78, 5) is 25.7. The van der Waals surface area contributed by atoms with Crippen LogP contribution in [0.3, 0.4) is 0 Å². The lowest BCUT2D eigenvalue weighted by Gasteiger charge is -2.26. The topological polar surface area (TPSA) is 78.9 Å². The van der Waals surface area contributed by atoms with E-state index in [0.29, 0.717) is 25.3 Å². The summed E-state index contributed by atoms with van der Waals surface area (Å²) in [7, 11) is 0. The van der Waals surface area contributed by atoms with Crippen molar-refractivity contribution in [2.75, 3.05) is 39.4 Å². The van der Waals surface area contributed by atoms with Crippen LogP contribution in [-0.2, 0) is 14.3 Å². The van der Waals surface area contributed by atoms with Crippen LogP contribution < -0.4 is 5.32 Å². The lowest BCUT2D eigenvalue weighted by atomic mass is 9.95. The van der Waals surface area contributed by atoms with E-state index in [9.17, 15) is 14.7 Å². The number of amides is 1. The Bertz CT molecular complexity index is 369. The molecule has 0 aromatic rings. The number of nitrogens with zero attached hydrogens (tertiary/aromatic N) is 1. The molecule has 1 amide bonds. The van der Waals surface area contributed by atoms with E-state index in [0.717, 1.165) is 39.3 Å². The van der Waals surface area contributed by atoms with E-state index >= 15 is 0 Å². The smallest absolute Gasteiger partial charge is 0.307 e. The molecule has 1 saturated carbocycles. The molecule has 0 spiro atoms. The Labute approximate surface area is 125 Å². The number of nitrogens with one attached hydrogen (secondary N) is 1. The Morgan fingerprint density at radius 1 is 1.24 bits per heavy atom. The highest BCUT2D eigenvalue weighted by Crippen LogP contribution is 2.36. The van der Waals surface area contributed by atoms with Crippen molar-refractivity contribution in [3.8, 4) is 0 Å². The molecule has 6 nitrogen and oxygen atoms in total. The summed E-state index contributed by atoms with van der Waals surface area (Å²) in [6, 6.07) is 0. The Balaban J connectivity index is 1.67. The highest BCUT2D eigenvalue weighted by atomic mass is 16.5. The highest BCUT2D eigenvalue weighted by Gasteiger charge is 2.40. The van der Waals surface area contributed by atoms with Crippen LogP contribution in [0, 0.1) is 17.8 Å². The molecule has 21 heavy (non-hydrogen) atoms. The molecule has 1 saturated heterocycles. The predicted octanol–water partition coefficient (Wildman–Crippen LogP) is 0.572. The fraction of sp³-hybridized carbons (Fsp3) is 0.867. The van der Waals surface area contributed by atoms with Gasteiger partial charge in [-0.2, -0.15) is 0 Å². The average Bonchev–Trinajstić information content (AvgIpc) is 2.87. The molecule has 0 radical (unpaired) electrons. The Morgan fingerprint density at radius 3 is 2.57 bits per heavy atom. The third-order valence-electron chi connectivity index (χ3n) is 4.51. The van der Waals surface area contributed by atoms with Gasteiger partial charge in [-0.15, -0.1) is 0 Å². The van der Waals surface area contributed by atoms with Gasteiger partial charge < -0.3 is 15.2 Å². The maximum absolute atomic E-state index is 12.1. The maximum Gasteiger partial charge on any atom is 0.307 e. The van der Waals surface area contributed by atoms with Gasteiger partial charge in [0.2, 0.25) is 5.91 Å². The van der Waals surface area contributed by atoms with Crippen LogP contribution in [-0.4, -0.2) is 61.3 Å². The zero-order chi connectivity index (χ0) is 15.2. The van der Waals surface area contributed by atoms with Gasteiger partial charge in [-0.3, -0.25) is 14.5 Å². The molecule has 0 bridgehead atoms. The minimum absolute atomic E-state index is 0.0891. The number of carbonyl (C=O) groups is 2. The number of hydrogen-bond acceptors (Lipinski definition) is 4. The molecule has 1 aliphatic heterocycles. The molecule has 0 aromatic carbocycles. The summed E-state index contributed by atoms with van der Waals surface area (Å²) >= 11 is 0. The second kappa shape index (κ2) is 7.75. The van der Waals surface area contributed by atoms with E-state index in [1.807, 2.05) is 6.92 Å². The van der Waals surface area contributed by atoms with Crippen molar-refractivity contribution < 1.29 is 19.4 Å².